The maximum Gasteiger partial charge on any atom is 0.353 e. The van der Waals surface area contributed by atoms with Gasteiger partial charge in [-0.05, 0) is 11.6 Å². The Bertz CT molecular complexity index is 1100. The average molecular weight is 426 g/mol. The largest absolute Gasteiger partial charge is 0.464 e. The van der Waals surface area contributed by atoms with E-state index in [0.717, 1.165) is 12.7 Å². The van der Waals surface area contributed by atoms with Gasteiger partial charge in [0.15, 0.2) is 0 Å². The molecule has 2 aromatic rings. The molecule has 1 aromatic heterocycles. The average Bonchev–Trinajstić information content (AvgIpc) is 3.30. The summed E-state index contributed by atoms with van der Waals surface area (Å²) in [6, 6.07) is 5.19. The molecular weight excluding hydrogens is 408 g/mol. The number of anilines is 1. The summed E-state index contributed by atoms with van der Waals surface area (Å²) in [5.41, 5.74) is 1.43. The molecule has 3 amide bonds. The summed E-state index contributed by atoms with van der Waals surface area (Å²) in [5.74, 6) is -1.74. The van der Waals surface area contributed by atoms with Gasteiger partial charge in [-0.25, -0.2) is 9.78 Å². The molecule has 9 nitrogen and oxygen atoms in total. The Kier molecular flexibility index (Phi) is 5.79. The van der Waals surface area contributed by atoms with E-state index in [2.05, 4.69) is 33.5 Å². The van der Waals surface area contributed by atoms with E-state index < -0.39 is 17.8 Å². The van der Waals surface area contributed by atoms with Crippen molar-refractivity contribution < 1.29 is 23.9 Å². The zero-order chi connectivity index (χ0) is 22.0. The van der Waals surface area contributed by atoms with Crippen molar-refractivity contribution in [2.75, 3.05) is 12.4 Å². The Balaban J connectivity index is 1.84. The smallest absolute Gasteiger partial charge is 0.353 e. The first kappa shape index (κ1) is 20.9. The van der Waals surface area contributed by atoms with Crippen LogP contribution in [-0.2, 0) is 25.7 Å². The second-order valence-corrected chi connectivity index (χ2v) is 7.17. The van der Waals surface area contributed by atoms with E-state index in [1.54, 1.807) is 17.5 Å². The van der Waals surface area contributed by atoms with Crippen molar-refractivity contribution in [2.24, 2.45) is 0 Å². The van der Waals surface area contributed by atoms with Crippen molar-refractivity contribution in [3.63, 3.8) is 0 Å². The molecule has 1 aliphatic heterocycles. The Morgan fingerprint density at radius 2 is 1.93 bits per heavy atom. The SMILES string of the molecule is C=C(NC(=O)C(=C)N1Cc2c(cccc2-c2nc(NC(C)=O)cs2)C1=O)C(=O)OC. The number of nitrogens with zero attached hydrogens (tertiary/aromatic N) is 2. The summed E-state index contributed by atoms with van der Waals surface area (Å²) in [6.07, 6.45) is 0. The highest BCUT2D eigenvalue weighted by Crippen LogP contribution is 2.36. The molecule has 1 aromatic carbocycles. The number of rotatable bonds is 6. The zero-order valence-corrected chi connectivity index (χ0v) is 17.1. The van der Waals surface area contributed by atoms with Gasteiger partial charge in [0, 0.05) is 23.4 Å². The third-order valence-corrected chi connectivity index (χ3v) is 5.17. The minimum absolute atomic E-state index is 0.107. The van der Waals surface area contributed by atoms with Crippen LogP contribution in [-0.4, -0.2) is 40.7 Å². The molecule has 0 aliphatic carbocycles. The Hall–Kier alpha value is -3.79. The van der Waals surface area contributed by atoms with Gasteiger partial charge in [-0.1, -0.05) is 25.3 Å². The fourth-order valence-corrected chi connectivity index (χ4v) is 3.70. The fraction of sp³-hybridized carbons (Fsp3) is 0.150. The summed E-state index contributed by atoms with van der Waals surface area (Å²) in [6.45, 7) is 8.61. The molecule has 0 saturated carbocycles. The molecule has 1 aliphatic rings. The number of benzene rings is 1. The normalized spacial score (nSPS) is 12.2. The summed E-state index contributed by atoms with van der Waals surface area (Å²) in [5, 5.41) is 7.21. The van der Waals surface area contributed by atoms with Crippen LogP contribution < -0.4 is 10.6 Å². The molecule has 2 N–H and O–H groups in total. The molecule has 0 unspecified atom stereocenters. The maximum absolute atomic E-state index is 12.8. The van der Waals surface area contributed by atoms with E-state index in [1.165, 1.54) is 23.2 Å². The molecule has 0 radical (unpaired) electrons. The van der Waals surface area contributed by atoms with Crippen molar-refractivity contribution >= 4 is 40.8 Å². The first-order chi connectivity index (χ1) is 14.2. The lowest BCUT2D eigenvalue weighted by atomic mass is 10.0. The Labute approximate surface area is 176 Å². The number of carbonyl (C=O) groups is 4. The van der Waals surface area contributed by atoms with Gasteiger partial charge in [-0.3, -0.25) is 19.3 Å². The van der Waals surface area contributed by atoms with Gasteiger partial charge in [-0.15, -0.1) is 11.3 Å². The van der Waals surface area contributed by atoms with Crippen molar-refractivity contribution in [1.29, 1.82) is 0 Å². The summed E-state index contributed by atoms with van der Waals surface area (Å²) in [4.78, 5) is 53.5. The molecule has 30 heavy (non-hydrogen) atoms. The second kappa shape index (κ2) is 8.29. The van der Waals surface area contributed by atoms with Gasteiger partial charge < -0.3 is 15.4 Å². The van der Waals surface area contributed by atoms with Crippen molar-refractivity contribution in [3.05, 3.63) is 59.3 Å². The van der Waals surface area contributed by atoms with Gasteiger partial charge in [0.05, 0.1) is 13.7 Å². The van der Waals surface area contributed by atoms with Crippen LogP contribution >= 0.6 is 11.3 Å². The van der Waals surface area contributed by atoms with Gasteiger partial charge in [0.2, 0.25) is 5.91 Å². The Morgan fingerprint density at radius 3 is 2.60 bits per heavy atom. The van der Waals surface area contributed by atoms with Crippen LogP contribution in [0.15, 0.2) is 48.1 Å². The molecule has 154 valence electrons. The molecule has 0 atom stereocenters. The van der Waals surface area contributed by atoms with Crippen LogP contribution in [0.4, 0.5) is 5.82 Å². The number of methoxy groups -OCH3 is 1. The maximum atomic E-state index is 12.8. The van der Waals surface area contributed by atoms with Crippen LogP contribution in [0.2, 0.25) is 0 Å². The number of amides is 3. The van der Waals surface area contributed by atoms with Gasteiger partial charge >= 0.3 is 5.97 Å². The molecule has 0 saturated heterocycles. The van der Waals surface area contributed by atoms with Crippen LogP contribution in [0.25, 0.3) is 10.6 Å². The van der Waals surface area contributed by atoms with Crippen molar-refractivity contribution in [2.45, 2.75) is 13.5 Å². The molecule has 0 fully saturated rings. The molecule has 0 bridgehead atoms. The van der Waals surface area contributed by atoms with E-state index in [1.807, 2.05) is 6.07 Å². The Morgan fingerprint density at radius 1 is 1.23 bits per heavy atom. The number of fused-ring (bicyclic) bond motifs is 1. The fourth-order valence-electron chi connectivity index (χ4n) is 2.89. The third kappa shape index (κ3) is 3.98. The summed E-state index contributed by atoms with van der Waals surface area (Å²) in [7, 11) is 1.16. The molecule has 2 heterocycles. The van der Waals surface area contributed by atoms with E-state index >= 15 is 0 Å². The second-order valence-electron chi connectivity index (χ2n) is 6.31. The quantitative estimate of drug-likeness (QED) is 0.539. The lowest BCUT2D eigenvalue weighted by molar-refractivity contribution is -0.137. The van der Waals surface area contributed by atoms with E-state index in [9.17, 15) is 19.2 Å². The molecule has 0 spiro atoms. The van der Waals surface area contributed by atoms with Crippen molar-refractivity contribution in [1.82, 2.24) is 15.2 Å². The van der Waals surface area contributed by atoms with E-state index in [4.69, 9.17) is 0 Å². The summed E-state index contributed by atoms with van der Waals surface area (Å²) >= 11 is 1.32. The highest BCUT2D eigenvalue weighted by molar-refractivity contribution is 7.13. The number of carbonyl (C=O) groups excluding carboxylic acids is 4. The lowest BCUT2D eigenvalue weighted by Gasteiger charge is -2.18. The number of ether oxygens (including phenoxy) is 1. The number of nitrogens with one attached hydrogen (secondary N) is 2. The minimum atomic E-state index is -0.798. The zero-order valence-electron chi connectivity index (χ0n) is 16.3. The summed E-state index contributed by atoms with van der Waals surface area (Å²) < 4.78 is 4.49. The topological polar surface area (TPSA) is 118 Å². The van der Waals surface area contributed by atoms with Crippen molar-refractivity contribution in [3.8, 4) is 10.6 Å². The highest BCUT2D eigenvalue weighted by Gasteiger charge is 2.34. The first-order valence-corrected chi connectivity index (χ1v) is 9.55. The first-order valence-electron chi connectivity index (χ1n) is 8.67. The monoisotopic (exact) mass is 426 g/mol. The van der Waals surface area contributed by atoms with Crippen LogP contribution in [0.5, 0.6) is 0 Å². The van der Waals surface area contributed by atoms with E-state index in [0.29, 0.717) is 22.0 Å². The number of hydrogen-bond acceptors (Lipinski definition) is 7. The number of thiazole rings is 1. The van der Waals surface area contributed by atoms with Gasteiger partial charge in [-0.2, -0.15) is 0 Å². The number of hydrogen-bond donors (Lipinski definition) is 2. The molecular formula is C20H18N4O5S. The minimum Gasteiger partial charge on any atom is -0.464 e. The number of aromatic nitrogens is 1. The highest BCUT2D eigenvalue weighted by atomic mass is 32.1. The standard InChI is InChI=1S/C20H18N4O5S/c1-10(20(28)29-4)21-17(26)11(2)24-8-15-13(6-5-7-14(15)19(24)27)18-23-16(9-30-18)22-12(3)25/h5-7,9H,1-2,8H2,3-4H3,(H,21,26)(H,22,25). The molecule has 10 heteroatoms. The van der Waals surface area contributed by atoms with Gasteiger partial charge in [0.25, 0.3) is 11.8 Å². The molecule has 3 rings (SSSR count). The predicted octanol–water partition coefficient (Wildman–Crippen LogP) is 2.04. The van der Waals surface area contributed by atoms with Gasteiger partial charge in [0.1, 0.15) is 22.2 Å². The van der Waals surface area contributed by atoms with Crippen LogP contribution in [0, 0.1) is 0 Å². The van der Waals surface area contributed by atoms with Crippen LogP contribution in [0.3, 0.4) is 0 Å². The lowest BCUT2D eigenvalue weighted by Crippen LogP contribution is -2.36. The predicted molar refractivity (Wildman–Crippen MR) is 110 cm³/mol. The number of esters is 1. The van der Waals surface area contributed by atoms with E-state index in [-0.39, 0.29) is 23.8 Å². The third-order valence-electron chi connectivity index (χ3n) is 4.29. The van der Waals surface area contributed by atoms with Crippen LogP contribution in [0.1, 0.15) is 22.8 Å².